The maximum absolute atomic E-state index is 11.7. The molecule has 0 aliphatic heterocycles. The fourth-order valence-corrected chi connectivity index (χ4v) is 1.69. The smallest absolute Gasteiger partial charge is 0.338 e. The molecule has 0 saturated carbocycles. The van der Waals surface area contributed by atoms with Gasteiger partial charge in [-0.15, -0.1) is 0 Å². The summed E-state index contributed by atoms with van der Waals surface area (Å²) < 4.78 is 5.36. The van der Waals surface area contributed by atoms with Crippen LogP contribution in [0.1, 0.15) is 56.3 Å². The first-order valence-electron chi connectivity index (χ1n) is 6.41. The van der Waals surface area contributed by atoms with E-state index in [-0.39, 0.29) is 12.1 Å². The van der Waals surface area contributed by atoms with E-state index in [1.54, 1.807) is 24.3 Å². The number of benzene rings is 1. The number of carbonyl (C=O) groups excluding carboxylic acids is 1. The van der Waals surface area contributed by atoms with Crippen molar-refractivity contribution in [1.82, 2.24) is 0 Å². The summed E-state index contributed by atoms with van der Waals surface area (Å²) in [5.41, 5.74) is 0.601. The molecule has 1 aromatic carbocycles. The molecular weight excluding hydrogens is 212 g/mol. The number of unbranched alkanes of at least 4 members (excludes halogenated alkanes) is 3. The van der Waals surface area contributed by atoms with Crippen LogP contribution in [-0.2, 0) is 4.74 Å². The number of hydrogen-bond acceptors (Lipinski definition) is 2. The third-order valence-corrected chi connectivity index (χ3v) is 2.73. The fourth-order valence-electron chi connectivity index (χ4n) is 1.69. The summed E-state index contributed by atoms with van der Waals surface area (Å²) in [5, 5.41) is 0. The maximum Gasteiger partial charge on any atom is 0.338 e. The van der Waals surface area contributed by atoms with Crippen LogP contribution in [0.3, 0.4) is 0 Å². The van der Waals surface area contributed by atoms with Gasteiger partial charge in [-0.2, -0.15) is 0 Å². The van der Waals surface area contributed by atoms with Gasteiger partial charge in [-0.25, -0.2) is 4.79 Å². The van der Waals surface area contributed by atoms with E-state index in [2.05, 4.69) is 13.0 Å². The number of carbonyl (C=O) groups is 1. The zero-order valence-electron chi connectivity index (χ0n) is 10.7. The Morgan fingerprint density at radius 3 is 2.65 bits per heavy atom. The highest BCUT2D eigenvalue weighted by molar-refractivity contribution is 5.89. The molecule has 0 saturated heterocycles. The standard InChI is InChI=1S/C15H21O2/c1-3-4-5-7-10-13(2)17-15(16)14-11-8-6-9-12-14/h8-9,11-13H,3-5,7,10H2,1-2H3/t13-/m0/s1. The van der Waals surface area contributed by atoms with Crippen LogP contribution in [-0.4, -0.2) is 12.1 Å². The molecular formula is C15H21O2. The maximum atomic E-state index is 11.7. The minimum atomic E-state index is -0.234. The first kappa shape index (κ1) is 13.8. The highest BCUT2D eigenvalue weighted by atomic mass is 16.5. The Morgan fingerprint density at radius 2 is 2.00 bits per heavy atom. The molecule has 0 amide bonds. The van der Waals surface area contributed by atoms with Gasteiger partial charge in [0.1, 0.15) is 0 Å². The summed E-state index contributed by atoms with van der Waals surface area (Å²) in [5.74, 6) is -0.234. The van der Waals surface area contributed by atoms with Crippen molar-refractivity contribution in [3.05, 3.63) is 35.9 Å². The summed E-state index contributed by atoms with van der Waals surface area (Å²) in [4.78, 5) is 11.7. The summed E-state index contributed by atoms with van der Waals surface area (Å²) in [6.07, 6.45) is 5.79. The van der Waals surface area contributed by atoms with Crippen molar-refractivity contribution in [2.24, 2.45) is 0 Å². The van der Waals surface area contributed by atoms with Crippen molar-refractivity contribution < 1.29 is 9.53 Å². The summed E-state index contributed by atoms with van der Waals surface area (Å²) >= 11 is 0. The van der Waals surface area contributed by atoms with E-state index in [0.29, 0.717) is 5.56 Å². The van der Waals surface area contributed by atoms with Gasteiger partial charge in [-0.1, -0.05) is 38.3 Å². The summed E-state index contributed by atoms with van der Waals surface area (Å²) in [6, 6.07) is 9.79. The largest absolute Gasteiger partial charge is 0.459 e. The quantitative estimate of drug-likeness (QED) is 0.525. The van der Waals surface area contributed by atoms with Crippen molar-refractivity contribution in [2.45, 2.75) is 52.1 Å². The lowest BCUT2D eigenvalue weighted by Gasteiger charge is -2.12. The van der Waals surface area contributed by atoms with Crippen molar-refractivity contribution in [3.8, 4) is 0 Å². The van der Waals surface area contributed by atoms with Gasteiger partial charge >= 0.3 is 5.97 Å². The molecule has 0 N–H and O–H groups in total. The molecule has 0 unspecified atom stereocenters. The Morgan fingerprint density at radius 1 is 1.29 bits per heavy atom. The Kier molecular flexibility index (Phi) is 6.38. The highest BCUT2D eigenvalue weighted by Gasteiger charge is 2.10. The molecule has 93 valence electrons. The number of ether oxygens (including phenoxy) is 1. The first-order valence-corrected chi connectivity index (χ1v) is 6.41. The predicted molar refractivity (Wildman–Crippen MR) is 68.9 cm³/mol. The molecule has 0 fully saturated rings. The van der Waals surface area contributed by atoms with Crippen molar-refractivity contribution >= 4 is 5.97 Å². The van der Waals surface area contributed by atoms with Crippen molar-refractivity contribution in [1.29, 1.82) is 0 Å². The molecule has 0 aliphatic carbocycles. The van der Waals surface area contributed by atoms with Crippen molar-refractivity contribution in [3.63, 3.8) is 0 Å². The van der Waals surface area contributed by atoms with E-state index in [0.717, 1.165) is 12.8 Å². The van der Waals surface area contributed by atoms with Crippen LogP contribution < -0.4 is 0 Å². The highest BCUT2D eigenvalue weighted by Crippen LogP contribution is 2.10. The van der Waals surface area contributed by atoms with Gasteiger partial charge < -0.3 is 4.74 Å². The van der Waals surface area contributed by atoms with E-state index in [1.165, 1.54) is 19.3 Å². The van der Waals surface area contributed by atoms with E-state index in [1.807, 2.05) is 6.92 Å². The normalized spacial score (nSPS) is 12.1. The van der Waals surface area contributed by atoms with Gasteiger partial charge in [0.15, 0.2) is 0 Å². The van der Waals surface area contributed by atoms with Gasteiger partial charge in [0.25, 0.3) is 0 Å². The lowest BCUT2D eigenvalue weighted by Crippen LogP contribution is -2.14. The molecule has 0 spiro atoms. The minimum absolute atomic E-state index is 0.00328. The number of rotatable bonds is 7. The van der Waals surface area contributed by atoms with E-state index in [9.17, 15) is 4.79 Å². The molecule has 0 aromatic heterocycles. The number of esters is 1. The van der Waals surface area contributed by atoms with Crippen molar-refractivity contribution in [2.75, 3.05) is 0 Å². The lowest BCUT2D eigenvalue weighted by molar-refractivity contribution is 0.0319. The lowest BCUT2D eigenvalue weighted by atomic mass is 10.1. The van der Waals surface area contributed by atoms with Crippen LogP contribution >= 0.6 is 0 Å². The average Bonchev–Trinajstić information content (AvgIpc) is 2.36. The van der Waals surface area contributed by atoms with Gasteiger partial charge in [0.2, 0.25) is 0 Å². The summed E-state index contributed by atoms with van der Waals surface area (Å²) in [7, 11) is 0. The van der Waals surface area contributed by atoms with Crippen LogP contribution in [0.4, 0.5) is 0 Å². The number of hydrogen-bond donors (Lipinski definition) is 0. The van der Waals surface area contributed by atoms with E-state index >= 15 is 0 Å². The van der Waals surface area contributed by atoms with Gasteiger partial charge in [0.05, 0.1) is 11.7 Å². The second-order valence-corrected chi connectivity index (χ2v) is 4.35. The Bertz CT molecular complexity index is 319. The fraction of sp³-hybridized carbons (Fsp3) is 0.533. The first-order chi connectivity index (χ1) is 8.24. The zero-order chi connectivity index (χ0) is 12.5. The zero-order valence-corrected chi connectivity index (χ0v) is 10.7. The molecule has 0 heterocycles. The summed E-state index contributed by atoms with van der Waals surface area (Å²) in [6.45, 7) is 4.15. The molecule has 0 bridgehead atoms. The minimum Gasteiger partial charge on any atom is -0.459 e. The third kappa shape index (κ3) is 5.53. The predicted octanol–water partition coefficient (Wildman–Crippen LogP) is 4.00. The molecule has 2 heteroatoms. The molecule has 17 heavy (non-hydrogen) atoms. The second kappa shape index (κ2) is 7.88. The average molecular weight is 233 g/mol. The second-order valence-electron chi connectivity index (χ2n) is 4.35. The monoisotopic (exact) mass is 233 g/mol. The van der Waals surface area contributed by atoms with Gasteiger partial charge in [-0.05, 0) is 38.0 Å². The third-order valence-electron chi connectivity index (χ3n) is 2.73. The molecule has 1 rings (SSSR count). The Hall–Kier alpha value is -1.31. The van der Waals surface area contributed by atoms with Crippen LogP contribution in [0, 0.1) is 6.07 Å². The van der Waals surface area contributed by atoms with Gasteiger partial charge in [0, 0.05) is 0 Å². The van der Waals surface area contributed by atoms with Crippen LogP contribution in [0.25, 0.3) is 0 Å². The SMILES string of the molecule is CCCCCC[C@H](C)OC(=O)c1cc[c]cc1. The molecule has 1 atom stereocenters. The molecule has 1 aromatic rings. The molecule has 2 nitrogen and oxygen atoms in total. The molecule has 0 aliphatic rings. The van der Waals surface area contributed by atoms with E-state index < -0.39 is 0 Å². The molecule has 1 radical (unpaired) electrons. The van der Waals surface area contributed by atoms with Crippen LogP contribution in [0.2, 0.25) is 0 Å². The Labute approximate surface area is 104 Å². The van der Waals surface area contributed by atoms with Gasteiger partial charge in [-0.3, -0.25) is 0 Å². The van der Waals surface area contributed by atoms with Crippen LogP contribution in [0.5, 0.6) is 0 Å². The van der Waals surface area contributed by atoms with Crippen LogP contribution in [0.15, 0.2) is 24.3 Å². The topological polar surface area (TPSA) is 26.3 Å². The Balaban J connectivity index is 2.26. The van der Waals surface area contributed by atoms with E-state index in [4.69, 9.17) is 4.74 Å².